The topological polar surface area (TPSA) is 133 Å². The van der Waals surface area contributed by atoms with Crippen molar-refractivity contribution in [3.63, 3.8) is 0 Å². The number of nitrogens with one attached hydrogen (secondary N) is 1. The van der Waals surface area contributed by atoms with E-state index in [1.807, 2.05) is 12.1 Å². The molecule has 0 aliphatic heterocycles. The molecule has 184 valence electrons. The standard InChI is InChI=1S/C29H23N3O5/c1-2-36-26(34)22-17-29(16-20-10-5-3-6-11-20,32-25(33)21-12-7-4-8-13-21)27(35)28(18-30,19-31)24(22)23-14-9-15-37-23/h3-15H,2,16-17H2,1H3,(H,32,33)/t29-/m1/s1. The third-order valence-corrected chi connectivity index (χ3v) is 6.29. The first-order valence-electron chi connectivity index (χ1n) is 11.6. The molecule has 0 fully saturated rings. The predicted molar refractivity (Wildman–Crippen MR) is 132 cm³/mol. The van der Waals surface area contributed by atoms with Crippen LogP contribution in [0.5, 0.6) is 0 Å². The molecule has 8 heteroatoms. The highest BCUT2D eigenvalue weighted by Crippen LogP contribution is 2.48. The summed E-state index contributed by atoms with van der Waals surface area (Å²) in [6.07, 6.45) is 0.946. The summed E-state index contributed by atoms with van der Waals surface area (Å²) in [5.74, 6) is -2.21. The number of nitrogens with zero attached hydrogens (tertiary/aromatic N) is 2. The lowest BCUT2D eigenvalue weighted by Crippen LogP contribution is -2.63. The molecule has 1 atom stereocenters. The van der Waals surface area contributed by atoms with Crippen LogP contribution in [0.15, 0.2) is 89.0 Å². The smallest absolute Gasteiger partial charge is 0.334 e. The summed E-state index contributed by atoms with van der Waals surface area (Å²) >= 11 is 0. The molecule has 4 rings (SSSR count). The molecule has 0 bridgehead atoms. The predicted octanol–water partition coefficient (Wildman–Crippen LogP) is 4.01. The number of rotatable bonds is 7. The van der Waals surface area contributed by atoms with Crippen molar-refractivity contribution in [2.75, 3.05) is 6.61 Å². The molecule has 1 aliphatic carbocycles. The number of Topliss-reactive ketones (excluding diaryl/α,β-unsaturated/α-hetero) is 1. The van der Waals surface area contributed by atoms with Gasteiger partial charge in [0.2, 0.25) is 5.41 Å². The number of furan rings is 1. The van der Waals surface area contributed by atoms with E-state index >= 15 is 0 Å². The summed E-state index contributed by atoms with van der Waals surface area (Å²) in [4.78, 5) is 41.0. The van der Waals surface area contributed by atoms with Crippen LogP contribution < -0.4 is 5.32 Å². The lowest BCUT2D eigenvalue weighted by atomic mass is 9.60. The van der Waals surface area contributed by atoms with Crippen molar-refractivity contribution in [3.05, 3.63) is 102 Å². The number of nitriles is 2. The Morgan fingerprint density at radius 2 is 1.65 bits per heavy atom. The fraction of sp³-hybridized carbons (Fsp3) is 0.207. The molecule has 1 aliphatic rings. The summed E-state index contributed by atoms with van der Waals surface area (Å²) < 4.78 is 10.7. The molecule has 0 saturated heterocycles. The normalized spacial score (nSPS) is 18.4. The molecule has 0 saturated carbocycles. The van der Waals surface area contributed by atoms with Crippen LogP contribution in [0.1, 0.15) is 35.0 Å². The number of carbonyl (C=O) groups is 3. The van der Waals surface area contributed by atoms with Gasteiger partial charge in [-0.3, -0.25) is 9.59 Å². The van der Waals surface area contributed by atoms with Crippen LogP contribution in [-0.2, 0) is 20.7 Å². The summed E-state index contributed by atoms with van der Waals surface area (Å²) in [6, 6.07) is 23.8. The molecule has 0 spiro atoms. The quantitative estimate of drug-likeness (QED) is 0.492. The fourth-order valence-corrected chi connectivity index (χ4v) is 4.67. The number of hydrogen-bond acceptors (Lipinski definition) is 7. The molecule has 3 aromatic rings. The molecule has 0 radical (unpaired) electrons. The second-order valence-corrected chi connectivity index (χ2v) is 8.60. The van der Waals surface area contributed by atoms with Gasteiger partial charge < -0.3 is 14.5 Å². The van der Waals surface area contributed by atoms with Gasteiger partial charge >= 0.3 is 5.97 Å². The molecule has 37 heavy (non-hydrogen) atoms. The van der Waals surface area contributed by atoms with E-state index in [4.69, 9.17) is 9.15 Å². The van der Waals surface area contributed by atoms with Crippen LogP contribution in [0.2, 0.25) is 0 Å². The first-order chi connectivity index (χ1) is 17.9. The second-order valence-electron chi connectivity index (χ2n) is 8.60. The van der Waals surface area contributed by atoms with Crippen LogP contribution in [0.25, 0.3) is 5.57 Å². The molecule has 1 heterocycles. The van der Waals surface area contributed by atoms with Gasteiger partial charge in [-0.2, -0.15) is 10.5 Å². The highest BCUT2D eigenvalue weighted by Gasteiger charge is 2.61. The Balaban J connectivity index is 1.98. The average Bonchev–Trinajstić information content (AvgIpc) is 3.45. The number of ether oxygens (including phenoxy) is 1. The first-order valence-corrected chi connectivity index (χ1v) is 11.6. The Kier molecular flexibility index (Phi) is 7.04. The van der Waals surface area contributed by atoms with E-state index in [1.165, 1.54) is 18.4 Å². The molecule has 1 amide bonds. The number of esters is 1. The zero-order chi connectivity index (χ0) is 26.5. The maximum atomic E-state index is 14.3. The van der Waals surface area contributed by atoms with Crippen molar-refractivity contribution in [1.82, 2.24) is 5.32 Å². The van der Waals surface area contributed by atoms with Gasteiger partial charge in [-0.15, -0.1) is 0 Å². The zero-order valence-electron chi connectivity index (χ0n) is 20.1. The molecule has 2 aromatic carbocycles. The third kappa shape index (κ3) is 4.53. The van der Waals surface area contributed by atoms with Gasteiger partial charge in [0.05, 0.1) is 30.6 Å². The molecular formula is C29H23N3O5. The Morgan fingerprint density at radius 1 is 1.00 bits per heavy atom. The van der Waals surface area contributed by atoms with E-state index in [1.54, 1.807) is 67.6 Å². The SMILES string of the molecule is CCOC(=O)C1=C(c2ccco2)C(C#N)(C#N)C(=O)[C@](Cc2ccccc2)(NC(=O)c2ccccc2)C1. The average molecular weight is 494 g/mol. The monoisotopic (exact) mass is 493 g/mol. The molecular weight excluding hydrogens is 470 g/mol. The summed E-state index contributed by atoms with van der Waals surface area (Å²) in [6.45, 7) is 1.64. The van der Waals surface area contributed by atoms with Gasteiger partial charge in [0, 0.05) is 24.0 Å². The van der Waals surface area contributed by atoms with Crippen LogP contribution in [-0.4, -0.2) is 29.8 Å². The largest absolute Gasteiger partial charge is 0.465 e. The maximum Gasteiger partial charge on any atom is 0.334 e. The number of carbonyl (C=O) groups excluding carboxylic acids is 3. The minimum atomic E-state index is -2.45. The Labute approximate surface area is 213 Å². The van der Waals surface area contributed by atoms with E-state index in [0.717, 1.165) is 0 Å². The summed E-state index contributed by atoms with van der Waals surface area (Å²) in [5, 5.41) is 23.5. The van der Waals surface area contributed by atoms with Gasteiger partial charge in [0.1, 0.15) is 11.3 Å². The van der Waals surface area contributed by atoms with Crippen molar-refractivity contribution in [2.45, 2.75) is 25.3 Å². The second kappa shape index (κ2) is 10.3. The third-order valence-electron chi connectivity index (χ3n) is 6.29. The molecule has 1 N–H and O–H groups in total. The van der Waals surface area contributed by atoms with Crippen molar-refractivity contribution in [3.8, 4) is 12.1 Å². The van der Waals surface area contributed by atoms with Gasteiger partial charge in [-0.05, 0) is 36.8 Å². The highest BCUT2D eigenvalue weighted by molar-refractivity contribution is 6.17. The van der Waals surface area contributed by atoms with Gasteiger partial charge in [0.25, 0.3) is 5.91 Å². The van der Waals surface area contributed by atoms with E-state index < -0.39 is 28.6 Å². The minimum absolute atomic E-state index is 0.0237. The summed E-state index contributed by atoms with van der Waals surface area (Å²) in [7, 11) is 0. The van der Waals surface area contributed by atoms with E-state index in [9.17, 15) is 24.9 Å². The van der Waals surface area contributed by atoms with Gasteiger partial charge in [-0.25, -0.2) is 4.79 Å². The minimum Gasteiger partial charge on any atom is -0.465 e. The lowest BCUT2D eigenvalue weighted by molar-refractivity contribution is -0.139. The van der Waals surface area contributed by atoms with Crippen molar-refractivity contribution >= 4 is 23.2 Å². The van der Waals surface area contributed by atoms with Crippen LogP contribution in [0.3, 0.4) is 0 Å². The first kappa shape index (κ1) is 25.2. The Hall–Kier alpha value is -4.95. The molecule has 1 aromatic heterocycles. The van der Waals surface area contributed by atoms with Crippen molar-refractivity contribution in [1.29, 1.82) is 10.5 Å². The Bertz CT molecular complexity index is 1420. The molecule has 8 nitrogen and oxygen atoms in total. The maximum absolute atomic E-state index is 14.3. The Morgan fingerprint density at radius 3 is 2.22 bits per heavy atom. The van der Waals surface area contributed by atoms with Gasteiger partial charge in [-0.1, -0.05) is 48.5 Å². The van der Waals surface area contributed by atoms with Crippen LogP contribution >= 0.6 is 0 Å². The highest BCUT2D eigenvalue weighted by atomic mass is 16.5. The zero-order valence-corrected chi connectivity index (χ0v) is 20.1. The van der Waals surface area contributed by atoms with Crippen molar-refractivity contribution in [2.24, 2.45) is 5.41 Å². The number of ketones is 1. The van der Waals surface area contributed by atoms with Crippen molar-refractivity contribution < 1.29 is 23.5 Å². The summed E-state index contributed by atoms with van der Waals surface area (Å²) in [5.41, 5.74) is -3.55. The molecule has 0 unspecified atom stereocenters. The van der Waals surface area contributed by atoms with E-state index in [-0.39, 0.29) is 41.9 Å². The fourth-order valence-electron chi connectivity index (χ4n) is 4.67. The lowest BCUT2D eigenvalue weighted by Gasteiger charge is -2.42. The van der Waals surface area contributed by atoms with E-state index in [2.05, 4.69) is 5.32 Å². The van der Waals surface area contributed by atoms with E-state index in [0.29, 0.717) is 5.56 Å². The number of allylic oxidation sites excluding steroid dienone is 1. The van der Waals surface area contributed by atoms with Crippen LogP contribution in [0.4, 0.5) is 0 Å². The number of hydrogen-bond donors (Lipinski definition) is 1. The number of amides is 1. The van der Waals surface area contributed by atoms with Gasteiger partial charge in [0.15, 0.2) is 5.78 Å². The number of benzene rings is 2. The van der Waals surface area contributed by atoms with Crippen LogP contribution in [0, 0.1) is 28.1 Å².